The molecule has 1 aromatic carbocycles. The van der Waals surface area contributed by atoms with E-state index in [4.69, 9.17) is 4.74 Å². The average molecular weight is 356 g/mol. The molecule has 0 saturated carbocycles. The van der Waals surface area contributed by atoms with E-state index in [0.717, 1.165) is 37.4 Å². The van der Waals surface area contributed by atoms with Crippen molar-refractivity contribution in [3.8, 4) is 0 Å². The molecule has 0 radical (unpaired) electrons. The molecule has 0 bridgehead atoms. The fraction of sp³-hybridized carbons (Fsp3) is 0.500. The largest absolute Gasteiger partial charge is 0.372 e. The average Bonchev–Trinajstić information content (AvgIpc) is 3.30. The second kappa shape index (κ2) is 8.47. The van der Waals surface area contributed by atoms with E-state index in [1.165, 1.54) is 0 Å². The summed E-state index contributed by atoms with van der Waals surface area (Å²) in [7, 11) is 3.59. The summed E-state index contributed by atoms with van der Waals surface area (Å²) in [5, 5.41) is 7.85. The highest BCUT2D eigenvalue weighted by atomic mass is 16.5. The van der Waals surface area contributed by atoms with Crippen LogP contribution in [0.2, 0.25) is 0 Å². The predicted octanol–water partition coefficient (Wildman–Crippen LogP) is 2.40. The van der Waals surface area contributed by atoms with Gasteiger partial charge in [0, 0.05) is 45.9 Å². The van der Waals surface area contributed by atoms with Gasteiger partial charge < -0.3 is 15.0 Å². The summed E-state index contributed by atoms with van der Waals surface area (Å²) in [5.41, 5.74) is 2.10. The van der Waals surface area contributed by atoms with E-state index in [-0.39, 0.29) is 18.1 Å². The smallest absolute Gasteiger partial charge is 0.243 e. The molecule has 0 aliphatic carbocycles. The Labute approximate surface area is 155 Å². The van der Waals surface area contributed by atoms with Crippen molar-refractivity contribution in [2.45, 2.75) is 32.0 Å². The van der Waals surface area contributed by atoms with Gasteiger partial charge >= 0.3 is 0 Å². The molecule has 0 spiro atoms. The summed E-state index contributed by atoms with van der Waals surface area (Å²) in [6, 6.07) is 11.6. The number of benzene rings is 1. The Morgan fingerprint density at radius 1 is 1.35 bits per heavy atom. The Hall–Kier alpha value is -2.18. The van der Waals surface area contributed by atoms with Crippen LogP contribution in [0.25, 0.3) is 0 Å². The van der Waals surface area contributed by atoms with Crippen LogP contribution in [0.1, 0.15) is 36.7 Å². The van der Waals surface area contributed by atoms with Crippen LogP contribution in [0.3, 0.4) is 0 Å². The van der Waals surface area contributed by atoms with E-state index in [1.807, 2.05) is 47.3 Å². The summed E-state index contributed by atoms with van der Waals surface area (Å²) in [6.45, 7) is 4.37. The first kappa shape index (κ1) is 18.6. The molecule has 26 heavy (non-hydrogen) atoms. The third kappa shape index (κ3) is 3.97. The number of aryl methyl sites for hydroxylation is 1. The molecule has 2 aromatic rings. The van der Waals surface area contributed by atoms with Crippen molar-refractivity contribution in [1.82, 2.24) is 20.0 Å². The number of carbonyl (C=O) groups excluding carboxylic acids is 1. The quantitative estimate of drug-likeness (QED) is 0.828. The van der Waals surface area contributed by atoms with Crippen LogP contribution in [0.15, 0.2) is 42.6 Å². The van der Waals surface area contributed by atoms with Gasteiger partial charge in [0.05, 0.1) is 5.69 Å². The zero-order valence-corrected chi connectivity index (χ0v) is 15.8. The number of ether oxygens (including phenoxy) is 1. The Balaban J connectivity index is 1.73. The minimum atomic E-state index is -0.344. The Kier molecular flexibility index (Phi) is 6.06. The zero-order valence-electron chi connectivity index (χ0n) is 15.8. The standard InChI is InChI=1S/C20H28N4O2/c1-4-24-17(10-12-22-24)19-16(11-13-26-19)14-21-18(20(25)23(2)3)15-8-6-5-7-9-15/h5-10,12,16,18-19,21H,4,11,13-14H2,1-3H3/t16-,18?,19+/m0/s1. The summed E-state index contributed by atoms with van der Waals surface area (Å²) in [4.78, 5) is 14.3. The minimum absolute atomic E-state index is 0.0239. The predicted molar refractivity (Wildman–Crippen MR) is 101 cm³/mol. The molecule has 1 fully saturated rings. The van der Waals surface area contributed by atoms with Crippen LogP contribution in [-0.2, 0) is 16.1 Å². The van der Waals surface area contributed by atoms with Crippen molar-refractivity contribution in [3.63, 3.8) is 0 Å². The number of carbonyl (C=O) groups is 1. The van der Waals surface area contributed by atoms with Gasteiger partial charge in [-0.3, -0.25) is 9.48 Å². The van der Waals surface area contributed by atoms with Gasteiger partial charge in [-0.1, -0.05) is 30.3 Å². The highest BCUT2D eigenvalue weighted by Gasteiger charge is 2.33. The van der Waals surface area contributed by atoms with Crippen LogP contribution < -0.4 is 5.32 Å². The number of nitrogens with one attached hydrogen (secondary N) is 1. The van der Waals surface area contributed by atoms with Crippen molar-refractivity contribution in [1.29, 1.82) is 0 Å². The number of rotatable bonds is 7. The molecule has 1 amide bonds. The van der Waals surface area contributed by atoms with Crippen molar-refractivity contribution < 1.29 is 9.53 Å². The molecular weight excluding hydrogens is 328 g/mol. The number of aromatic nitrogens is 2. The second-order valence-corrected chi connectivity index (χ2v) is 6.90. The first-order valence-corrected chi connectivity index (χ1v) is 9.24. The maximum absolute atomic E-state index is 12.7. The monoisotopic (exact) mass is 356 g/mol. The fourth-order valence-electron chi connectivity index (χ4n) is 3.54. The molecule has 1 aromatic heterocycles. The topological polar surface area (TPSA) is 59.4 Å². The molecule has 3 rings (SSSR count). The summed E-state index contributed by atoms with van der Waals surface area (Å²) < 4.78 is 7.99. The van der Waals surface area contributed by atoms with Crippen molar-refractivity contribution in [3.05, 3.63) is 53.9 Å². The molecule has 1 saturated heterocycles. The lowest BCUT2D eigenvalue weighted by Crippen LogP contribution is -2.39. The van der Waals surface area contributed by atoms with Gasteiger partial charge in [-0.25, -0.2) is 0 Å². The highest BCUT2D eigenvalue weighted by Crippen LogP contribution is 2.34. The van der Waals surface area contributed by atoms with Gasteiger partial charge in [0.2, 0.25) is 5.91 Å². The second-order valence-electron chi connectivity index (χ2n) is 6.90. The third-order valence-electron chi connectivity index (χ3n) is 4.96. The lowest BCUT2D eigenvalue weighted by molar-refractivity contribution is -0.131. The van der Waals surface area contributed by atoms with Crippen molar-refractivity contribution in [2.24, 2.45) is 5.92 Å². The van der Waals surface area contributed by atoms with E-state index >= 15 is 0 Å². The van der Waals surface area contributed by atoms with E-state index in [2.05, 4.69) is 17.3 Å². The van der Waals surface area contributed by atoms with E-state index in [9.17, 15) is 4.79 Å². The molecule has 1 aliphatic heterocycles. The SMILES string of the molecule is CCn1nccc1[C@@H]1OCC[C@H]1CNC(C(=O)N(C)C)c1ccccc1. The zero-order chi connectivity index (χ0) is 18.5. The molecule has 2 heterocycles. The van der Waals surface area contributed by atoms with Gasteiger partial charge in [-0.05, 0) is 25.0 Å². The molecule has 6 nitrogen and oxygen atoms in total. The van der Waals surface area contributed by atoms with Gasteiger partial charge in [-0.15, -0.1) is 0 Å². The van der Waals surface area contributed by atoms with Crippen LogP contribution in [0.5, 0.6) is 0 Å². The number of amides is 1. The first-order valence-electron chi connectivity index (χ1n) is 9.24. The van der Waals surface area contributed by atoms with E-state index in [1.54, 1.807) is 19.0 Å². The van der Waals surface area contributed by atoms with E-state index < -0.39 is 0 Å². The minimum Gasteiger partial charge on any atom is -0.372 e. The van der Waals surface area contributed by atoms with Crippen molar-refractivity contribution in [2.75, 3.05) is 27.2 Å². The van der Waals surface area contributed by atoms with Gasteiger partial charge in [0.25, 0.3) is 0 Å². The molecule has 1 aliphatic rings. The number of likely N-dealkylation sites (N-methyl/N-ethyl adjacent to an activating group) is 1. The lowest BCUT2D eigenvalue weighted by atomic mass is 9.97. The third-order valence-corrected chi connectivity index (χ3v) is 4.96. The van der Waals surface area contributed by atoms with Crippen LogP contribution >= 0.6 is 0 Å². The maximum atomic E-state index is 12.7. The number of hydrogen-bond donors (Lipinski definition) is 1. The highest BCUT2D eigenvalue weighted by molar-refractivity contribution is 5.82. The van der Waals surface area contributed by atoms with Gasteiger partial charge in [0.15, 0.2) is 0 Å². The first-order chi connectivity index (χ1) is 12.6. The lowest BCUT2D eigenvalue weighted by Gasteiger charge is -2.25. The molecule has 1 N–H and O–H groups in total. The summed E-state index contributed by atoms with van der Waals surface area (Å²) >= 11 is 0. The number of hydrogen-bond acceptors (Lipinski definition) is 4. The molecule has 6 heteroatoms. The molecule has 1 unspecified atom stereocenters. The number of nitrogens with zero attached hydrogens (tertiary/aromatic N) is 3. The maximum Gasteiger partial charge on any atom is 0.243 e. The molecule has 3 atom stereocenters. The van der Waals surface area contributed by atoms with Crippen LogP contribution in [-0.4, -0.2) is 47.8 Å². The van der Waals surface area contributed by atoms with E-state index in [0.29, 0.717) is 5.92 Å². The van der Waals surface area contributed by atoms with Crippen LogP contribution in [0.4, 0.5) is 0 Å². The summed E-state index contributed by atoms with van der Waals surface area (Å²) in [6.07, 6.45) is 2.83. The fourth-order valence-corrected chi connectivity index (χ4v) is 3.54. The molecule has 140 valence electrons. The Morgan fingerprint density at radius 2 is 2.12 bits per heavy atom. The Morgan fingerprint density at radius 3 is 2.81 bits per heavy atom. The molecular formula is C20H28N4O2. The van der Waals surface area contributed by atoms with Gasteiger partial charge in [-0.2, -0.15) is 5.10 Å². The normalized spacial score (nSPS) is 20.9. The Bertz CT molecular complexity index is 714. The summed E-state index contributed by atoms with van der Waals surface area (Å²) in [5.74, 6) is 0.378. The van der Waals surface area contributed by atoms with Crippen LogP contribution in [0, 0.1) is 5.92 Å². The van der Waals surface area contributed by atoms with Gasteiger partial charge in [0.1, 0.15) is 12.1 Å². The van der Waals surface area contributed by atoms with Crippen molar-refractivity contribution >= 4 is 5.91 Å².